The maximum absolute atomic E-state index is 13.1. The SMILES string of the molecule is CNC(=O)c1nnc(NC(=O)CNC(=O)CCCNc2ccc3c(c2)C(=O)N(C2CCC(=O)NC2=O)C3=O)cc1Nc1cccc(-c2ncn(C)n2)c1OC. The lowest BCUT2D eigenvalue weighted by Gasteiger charge is -2.27. The molecule has 2 aromatic heterocycles. The van der Waals surface area contributed by atoms with Crippen LogP contribution in [-0.2, 0) is 26.2 Å². The molecule has 2 aliphatic heterocycles. The van der Waals surface area contributed by atoms with Crippen LogP contribution >= 0.6 is 0 Å². The molecule has 6 rings (SSSR count). The summed E-state index contributed by atoms with van der Waals surface area (Å²) in [4.78, 5) is 92.8. The Kier molecular flexibility index (Phi) is 11.0. The van der Waals surface area contributed by atoms with Crippen molar-refractivity contribution in [2.24, 2.45) is 7.05 Å². The summed E-state index contributed by atoms with van der Waals surface area (Å²) in [6.45, 7) is -0.0437. The van der Waals surface area contributed by atoms with Gasteiger partial charge in [0.15, 0.2) is 23.1 Å². The average Bonchev–Trinajstić information content (AvgIpc) is 3.71. The number of hydrogen-bond donors (Lipinski definition) is 6. The summed E-state index contributed by atoms with van der Waals surface area (Å²) in [5, 5.41) is 28.3. The molecule has 0 saturated carbocycles. The normalized spacial score (nSPS) is 14.9. The van der Waals surface area contributed by atoms with Crippen LogP contribution in [0.3, 0.4) is 0 Å². The van der Waals surface area contributed by atoms with E-state index in [9.17, 15) is 33.6 Å². The number of rotatable bonds is 14. The highest BCUT2D eigenvalue weighted by atomic mass is 16.5. The van der Waals surface area contributed by atoms with Gasteiger partial charge in [-0.05, 0) is 43.2 Å². The van der Waals surface area contributed by atoms with Gasteiger partial charge in [-0.2, -0.15) is 5.10 Å². The fraction of sp³-hybridized carbons (Fsp3) is 0.286. The molecule has 0 spiro atoms. The van der Waals surface area contributed by atoms with Crippen molar-refractivity contribution in [2.45, 2.75) is 31.7 Å². The third-order valence-electron chi connectivity index (χ3n) is 8.63. The van der Waals surface area contributed by atoms with Crippen LogP contribution in [0.25, 0.3) is 11.4 Å². The van der Waals surface area contributed by atoms with E-state index in [1.807, 2.05) is 0 Å². The van der Waals surface area contributed by atoms with Gasteiger partial charge in [-0.25, -0.2) is 4.98 Å². The average molecular weight is 753 g/mol. The Bertz CT molecular complexity index is 2220. The fourth-order valence-corrected chi connectivity index (χ4v) is 5.99. The number of amides is 7. The zero-order chi connectivity index (χ0) is 39.2. The van der Waals surface area contributed by atoms with Gasteiger partial charge in [0.05, 0.1) is 41.7 Å². The van der Waals surface area contributed by atoms with E-state index in [-0.39, 0.29) is 54.1 Å². The van der Waals surface area contributed by atoms with Gasteiger partial charge in [0.2, 0.25) is 23.6 Å². The zero-order valence-corrected chi connectivity index (χ0v) is 29.9. The summed E-state index contributed by atoms with van der Waals surface area (Å²) in [6, 6.07) is 10.2. The van der Waals surface area contributed by atoms with Crippen molar-refractivity contribution in [1.29, 1.82) is 0 Å². The Labute approximate surface area is 312 Å². The van der Waals surface area contributed by atoms with Crippen LogP contribution in [0.1, 0.15) is 56.9 Å². The topological polar surface area (TPSA) is 261 Å². The van der Waals surface area contributed by atoms with Crippen LogP contribution in [0.2, 0.25) is 0 Å². The van der Waals surface area contributed by atoms with Crippen molar-refractivity contribution in [3.63, 3.8) is 0 Å². The maximum atomic E-state index is 13.1. The minimum absolute atomic E-state index is 0.00914. The summed E-state index contributed by atoms with van der Waals surface area (Å²) < 4.78 is 7.20. The molecule has 4 aromatic rings. The molecule has 7 amide bonds. The number of benzene rings is 2. The first-order chi connectivity index (χ1) is 26.5. The van der Waals surface area contributed by atoms with Crippen LogP contribution < -0.4 is 36.6 Å². The van der Waals surface area contributed by atoms with E-state index < -0.39 is 47.4 Å². The number of aryl methyl sites for hydroxylation is 1. The molecule has 1 unspecified atom stereocenters. The second-order valence-electron chi connectivity index (χ2n) is 12.4. The van der Waals surface area contributed by atoms with Gasteiger partial charge >= 0.3 is 0 Å². The number of piperidine rings is 1. The van der Waals surface area contributed by atoms with Crippen molar-refractivity contribution in [1.82, 2.24) is 45.8 Å². The number of anilines is 4. The molecule has 0 aliphatic carbocycles. The molecule has 6 N–H and O–H groups in total. The zero-order valence-electron chi connectivity index (χ0n) is 29.9. The summed E-state index contributed by atoms with van der Waals surface area (Å²) >= 11 is 0. The second kappa shape index (κ2) is 16.2. The number of para-hydroxylation sites is 1. The van der Waals surface area contributed by atoms with Crippen molar-refractivity contribution >= 4 is 64.2 Å². The number of fused-ring (bicyclic) bond motifs is 1. The standard InChI is InChI=1S/C35H36N12O8/c1-36-33(52)29-23(40-22-7-4-6-20(30(22)55-3)31-39-17-46(2)45-31)15-25(43-44-29)41-28(50)16-38-26(48)8-5-13-37-18-9-10-19-21(14-18)35(54)47(34(19)53)24-11-12-27(49)42-32(24)51/h4,6-7,9-10,14-15,17,24,37H,5,8,11-13,16H2,1-3H3,(H,36,52)(H,38,48)(H,42,49,51)(H2,40,41,43,50). The lowest BCUT2D eigenvalue weighted by molar-refractivity contribution is -0.136. The van der Waals surface area contributed by atoms with Crippen molar-refractivity contribution < 1.29 is 38.3 Å². The van der Waals surface area contributed by atoms with E-state index in [1.165, 1.54) is 32.4 Å². The Hall–Kier alpha value is -7.25. The van der Waals surface area contributed by atoms with E-state index in [1.54, 1.807) is 42.3 Å². The number of imide groups is 2. The predicted octanol–water partition coefficient (Wildman–Crippen LogP) is 0.732. The number of methoxy groups -OCH3 is 1. The van der Waals surface area contributed by atoms with E-state index >= 15 is 0 Å². The fourth-order valence-electron chi connectivity index (χ4n) is 5.99. The highest BCUT2D eigenvalue weighted by Crippen LogP contribution is 2.37. The summed E-state index contributed by atoms with van der Waals surface area (Å²) in [6.07, 6.45) is 2.06. The van der Waals surface area contributed by atoms with Gasteiger partial charge in [0.1, 0.15) is 12.4 Å². The molecule has 1 saturated heterocycles. The molecule has 1 fully saturated rings. The molecule has 20 heteroatoms. The van der Waals surface area contributed by atoms with Crippen LogP contribution in [0.15, 0.2) is 48.8 Å². The first-order valence-electron chi connectivity index (χ1n) is 17.0. The van der Waals surface area contributed by atoms with Gasteiger partial charge in [-0.1, -0.05) is 6.07 Å². The highest BCUT2D eigenvalue weighted by Gasteiger charge is 2.44. The summed E-state index contributed by atoms with van der Waals surface area (Å²) in [5.74, 6) is -3.07. The van der Waals surface area contributed by atoms with Crippen LogP contribution in [0, 0.1) is 0 Å². The number of carbonyl (C=O) groups is 7. The van der Waals surface area contributed by atoms with E-state index in [0.29, 0.717) is 41.5 Å². The monoisotopic (exact) mass is 752 g/mol. The molecular formula is C35H36N12O8. The molecule has 0 radical (unpaired) electrons. The largest absolute Gasteiger partial charge is 0.494 e. The molecule has 284 valence electrons. The number of ether oxygens (including phenoxy) is 1. The maximum Gasteiger partial charge on any atom is 0.273 e. The van der Waals surface area contributed by atoms with Gasteiger partial charge in [-0.3, -0.25) is 48.5 Å². The predicted molar refractivity (Wildman–Crippen MR) is 194 cm³/mol. The summed E-state index contributed by atoms with van der Waals surface area (Å²) in [5.41, 5.74) is 2.01. The molecule has 0 bridgehead atoms. The van der Waals surface area contributed by atoms with E-state index in [2.05, 4.69) is 52.2 Å². The van der Waals surface area contributed by atoms with E-state index in [0.717, 1.165) is 4.90 Å². The third-order valence-corrected chi connectivity index (χ3v) is 8.63. The van der Waals surface area contributed by atoms with Crippen LogP contribution in [-0.4, -0.2) is 105 Å². The smallest absolute Gasteiger partial charge is 0.273 e. The number of nitrogens with one attached hydrogen (secondary N) is 6. The quantitative estimate of drug-likeness (QED) is 0.0767. The summed E-state index contributed by atoms with van der Waals surface area (Å²) in [7, 11) is 4.66. The number of aromatic nitrogens is 5. The lowest BCUT2D eigenvalue weighted by Crippen LogP contribution is -2.54. The van der Waals surface area contributed by atoms with Gasteiger partial charge in [0, 0.05) is 45.2 Å². The lowest BCUT2D eigenvalue weighted by atomic mass is 10.0. The Morgan fingerprint density at radius 2 is 1.76 bits per heavy atom. The van der Waals surface area contributed by atoms with Crippen LogP contribution in [0.5, 0.6) is 5.75 Å². The van der Waals surface area contributed by atoms with Gasteiger partial charge in [0.25, 0.3) is 17.7 Å². The molecule has 1 atom stereocenters. The number of carbonyl (C=O) groups excluding carboxylic acids is 7. The second-order valence-corrected chi connectivity index (χ2v) is 12.4. The molecule has 20 nitrogen and oxygen atoms in total. The van der Waals surface area contributed by atoms with E-state index in [4.69, 9.17) is 4.74 Å². The Balaban J connectivity index is 1.00. The molecule has 55 heavy (non-hydrogen) atoms. The third kappa shape index (κ3) is 8.22. The van der Waals surface area contributed by atoms with Crippen LogP contribution in [0.4, 0.5) is 22.9 Å². The van der Waals surface area contributed by atoms with Gasteiger partial charge in [-0.15, -0.1) is 10.2 Å². The number of nitrogens with zero attached hydrogens (tertiary/aromatic N) is 6. The molecule has 2 aromatic carbocycles. The minimum Gasteiger partial charge on any atom is -0.494 e. The van der Waals surface area contributed by atoms with Crippen molar-refractivity contribution in [3.05, 3.63) is 65.6 Å². The van der Waals surface area contributed by atoms with Gasteiger partial charge < -0.3 is 31.3 Å². The number of hydrogen-bond acceptors (Lipinski definition) is 14. The first kappa shape index (κ1) is 37.5. The molecule has 2 aliphatic rings. The Morgan fingerprint density at radius 1 is 0.964 bits per heavy atom. The highest BCUT2D eigenvalue weighted by molar-refractivity contribution is 6.23. The minimum atomic E-state index is -1.06. The van der Waals surface area contributed by atoms with Crippen molar-refractivity contribution in [3.8, 4) is 17.1 Å². The van der Waals surface area contributed by atoms with Crippen molar-refractivity contribution in [2.75, 3.05) is 43.2 Å². The molecular weight excluding hydrogens is 716 g/mol. The first-order valence-corrected chi connectivity index (χ1v) is 17.0. The molecule has 4 heterocycles. The Morgan fingerprint density at radius 3 is 2.49 bits per heavy atom.